The molecule has 7 unspecified atom stereocenters. The minimum Gasteiger partial charge on any atom is -0.0651 e. The van der Waals surface area contributed by atoms with E-state index in [0.29, 0.717) is 10.8 Å². The zero-order valence-corrected chi connectivity index (χ0v) is 17.8. The quantitative estimate of drug-likeness (QED) is 0.491. The van der Waals surface area contributed by atoms with Crippen molar-refractivity contribution in [1.82, 2.24) is 0 Å². The first-order valence-electron chi connectivity index (χ1n) is 12.0. The average molecular weight is 345 g/mol. The van der Waals surface area contributed by atoms with Gasteiger partial charge in [0.15, 0.2) is 0 Å². The fourth-order valence-corrected chi connectivity index (χ4v) is 9.28. The maximum atomic E-state index is 2.75. The van der Waals surface area contributed by atoms with Crippen LogP contribution in [-0.2, 0) is 0 Å². The molecule has 4 rings (SSSR count). The smallest absolute Gasteiger partial charge is 0.0264 e. The maximum absolute atomic E-state index is 2.75. The van der Waals surface area contributed by atoms with Crippen LogP contribution in [0.5, 0.6) is 0 Å². The van der Waals surface area contributed by atoms with E-state index < -0.39 is 0 Å². The predicted molar refractivity (Wildman–Crippen MR) is 108 cm³/mol. The second kappa shape index (κ2) is 6.56. The fourth-order valence-electron chi connectivity index (χ4n) is 9.28. The summed E-state index contributed by atoms with van der Waals surface area (Å²) in [7, 11) is 0. The van der Waals surface area contributed by atoms with Gasteiger partial charge in [0, 0.05) is 0 Å². The largest absolute Gasteiger partial charge is 0.0651 e. The third-order valence-electron chi connectivity index (χ3n) is 10.7. The monoisotopic (exact) mass is 344 g/mol. The molecule has 4 fully saturated rings. The highest BCUT2D eigenvalue weighted by atomic mass is 14.7. The van der Waals surface area contributed by atoms with Gasteiger partial charge in [0.1, 0.15) is 0 Å². The van der Waals surface area contributed by atoms with Gasteiger partial charge in [0.05, 0.1) is 0 Å². The SMILES string of the molecule is CC[C@H]1CC2C(CCC3(C)C2CCC3[C@H](C)CC)C2(C)CCCCC12. The van der Waals surface area contributed by atoms with Crippen LogP contribution in [0.25, 0.3) is 0 Å². The molecule has 0 heterocycles. The second-order valence-corrected chi connectivity index (χ2v) is 11.3. The van der Waals surface area contributed by atoms with Crippen LogP contribution in [0.15, 0.2) is 0 Å². The van der Waals surface area contributed by atoms with Crippen LogP contribution in [0.2, 0.25) is 0 Å². The molecule has 9 atom stereocenters. The Hall–Kier alpha value is 0. The lowest BCUT2D eigenvalue weighted by atomic mass is 9.42. The van der Waals surface area contributed by atoms with Crippen molar-refractivity contribution in [2.75, 3.05) is 0 Å². The topological polar surface area (TPSA) is 0 Å². The Balaban J connectivity index is 1.65. The molecule has 0 nitrogen and oxygen atoms in total. The van der Waals surface area contributed by atoms with Gasteiger partial charge in [-0.1, -0.05) is 60.3 Å². The summed E-state index contributed by atoms with van der Waals surface area (Å²) in [6, 6.07) is 0. The summed E-state index contributed by atoms with van der Waals surface area (Å²) in [5.74, 6) is 7.24. The molecule has 0 heteroatoms. The standard InChI is InChI=1S/C25H44/c1-6-17(3)20-11-12-22-19-16-18(7-2)21-10-8-9-14-24(21,4)23(19)13-15-25(20,22)5/h17-23H,6-16H2,1-5H3/t17-,18+,19?,20?,21?,22?,23?,24?,25?/m1/s1. The minimum atomic E-state index is 0.673. The lowest BCUT2D eigenvalue weighted by molar-refractivity contribution is -0.138. The van der Waals surface area contributed by atoms with E-state index >= 15 is 0 Å². The van der Waals surface area contributed by atoms with Crippen LogP contribution in [0.1, 0.15) is 105 Å². The van der Waals surface area contributed by atoms with E-state index in [1.807, 2.05) is 0 Å². The molecule has 0 aromatic rings. The summed E-state index contributed by atoms with van der Waals surface area (Å²) in [5.41, 5.74) is 1.37. The van der Waals surface area contributed by atoms with E-state index in [1.54, 1.807) is 38.5 Å². The molecule has 0 saturated heterocycles. The van der Waals surface area contributed by atoms with E-state index in [1.165, 1.54) is 32.1 Å². The van der Waals surface area contributed by atoms with Crippen molar-refractivity contribution in [2.45, 2.75) is 105 Å². The maximum Gasteiger partial charge on any atom is -0.0264 e. The lowest BCUT2D eigenvalue weighted by Gasteiger charge is -2.63. The number of hydrogen-bond donors (Lipinski definition) is 0. The van der Waals surface area contributed by atoms with Crippen molar-refractivity contribution in [3.8, 4) is 0 Å². The van der Waals surface area contributed by atoms with Gasteiger partial charge in [-0.2, -0.15) is 0 Å². The number of fused-ring (bicyclic) bond motifs is 5. The Kier molecular flexibility index (Phi) is 4.82. The summed E-state index contributed by atoms with van der Waals surface area (Å²) in [4.78, 5) is 0. The van der Waals surface area contributed by atoms with E-state index in [9.17, 15) is 0 Å². The Labute approximate surface area is 157 Å². The van der Waals surface area contributed by atoms with Gasteiger partial charge in [-0.25, -0.2) is 0 Å². The Morgan fingerprint density at radius 2 is 1.60 bits per heavy atom. The van der Waals surface area contributed by atoms with Crippen LogP contribution in [0.3, 0.4) is 0 Å². The molecular weight excluding hydrogens is 300 g/mol. The number of hydrogen-bond acceptors (Lipinski definition) is 0. The van der Waals surface area contributed by atoms with E-state index in [-0.39, 0.29) is 0 Å². The zero-order chi connectivity index (χ0) is 17.8. The van der Waals surface area contributed by atoms with Gasteiger partial charge in [-0.3, -0.25) is 0 Å². The minimum absolute atomic E-state index is 0.673. The summed E-state index contributed by atoms with van der Waals surface area (Å²) in [6.45, 7) is 13.0. The van der Waals surface area contributed by atoms with E-state index in [4.69, 9.17) is 0 Å². The van der Waals surface area contributed by atoms with Crippen LogP contribution < -0.4 is 0 Å². The molecular formula is C25H44. The van der Waals surface area contributed by atoms with E-state index in [0.717, 1.165) is 41.4 Å². The fraction of sp³-hybridized carbons (Fsp3) is 1.00. The highest BCUT2D eigenvalue weighted by Crippen LogP contribution is 2.69. The van der Waals surface area contributed by atoms with Crippen LogP contribution in [0, 0.1) is 52.3 Å². The third kappa shape index (κ3) is 2.59. The van der Waals surface area contributed by atoms with Gasteiger partial charge in [-0.15, -0.1) is 0 Å². The molecule has 0 aromatic carbocycles. The molecule has 4 aliphatic rings. The first-order chi connectivity index (χ1) is 12.0. The number of rotatable bonds is 3. The van der Waals surface area contributed by atoms with Gasteiger partial charge in [0.2, 0.25) is 0 Å². The Bertz CT molecular complexity index is 480. The van der Waals surface area contributed by atoms with Gasteiger partial charge < -0.3 is 0 Å². The second-order valence-electron chi connectivity index (χ2n) is 11.3. The van der Waals surface area contributed by atoms with Crippen molar-refractivity contribution in [1.29, 1.82) is 0 Å². The first-order valence-corrected chi connectivity index (χ1v) is 12.0. The van der Waals surface area contributed by atoms with Crippen LogP contribution in [-0.4, -0.2) is 0 Å². The van der Waals surface area contributed by atoms with E-state index in [2.05, 4.69) is 34.6 Å². The Morgan fingerprint density at radius 1 is 0.840 bits per heavy atom. The lowest BCUT2D eigenvalue weighted by Crippen LogP contribution is -2.55. The van der Waals surface area contributed by atoms with Crippen molar-refractivity contribution in [3.63, 3.8) is 0 Å². The molecule has 4 saturated carbocycles. The molecule has 144 valence electrons. The predicted octanol–water partition coefficient (Wildman–Crippen LogP) is 7.72. The molecule has 25 heavy (non-hydrogen) atoms. The molecule has 0 radical (unpaired) electrons. The molecule has 0 aromatic heterocycles. The van der Waals surface area contributed by atoms with Crippen LogP contribution in [0.4, 0.5) is 0 Å². The average Bonchev–Trinajstić information content (AvgIpc) is 2.97. The molecule has 0 spiro atoms. The summed E-state index contributed by atoms with van der Waals surface area (Å²) in [6.07, 6.45) is 16.8. The third-order valence-corrected chi connectivity index (χ3v) is 10.7. The van der Waals surface area contributed by atoms with Crippen molar-refractivity contribution in [2.24, 2.45) is 52.3 Å². The molecule has 0 bridgehead atoms. The highest BCUT2D eigenvalue weighted by molar-refractivity contribution is 5.10. The van der Waals surface area contributed by atoms with Gasteiger partial charge in [0.25, 0.3) is 0 Å². The van der Waals surface area contributed by atoms with Crippen molar-refractivity contribution in [3.05, 3.63) is 0 Å². The first kappa shape index (κ1) is 18.4. The Morgan fingerprint density at radius 3 is 2.32 bits per heavy atom. The molecule has 0 aliphatic heterocycles. The summed E-state index contributed by atoms with van der Waals surface area (Å²) < 4.78 is 0. The van der Waals surface area contributed by atoms with Crippen LogP contribution >= 0.6 is 0 Å². The molecule has 4 aliphatic carbocycles. The van der Waals surface area contributed by atoms with Crippen molar-refractivity contribution >= 4 is 0 Å². The highest BCUT2D eigenvalue weighted by Gasteiger charge is 2.61. The summed E-state index contributed by atoms with van der Waals surface area (Å²) in [5, 5.41) is 0. The van der Waals surface area contributed by atoms with Gasteiger partial charge >= 0.3 is 0 Å². The normalized spacial score (nSPS) is 53.6. The molecule has 0 amide bonds. The molecule has 0 N–H and O–H groups in total. The van der Waals surface area contributed by atoms with Crippen molar-refractivity contribution < 1.29 is 0 Å². The zero-order valence-electron chi connectivity index (χ0n) is 17.8. The van der Waals surface area contributed by atoms with Gasteiger partial charge in [-0.05, 0) is 97.2 Å². The summed E-state index contributed by atoms with van der Waals surface area (Å²) >= 11 is 0.